The SMILES string of the molecule is CCN(CC)C(=NCCSSCCNC(N(CC)CC)=[N+](CC)CC)N(CC)CC. The largest absolute Gasteiger partial charge is 0.348 e. The van der Waals surface area contributed by atoms with E-state index in [1.807, 2.05) is 21.6 Å². The van der Waals surface area contributed by atoms with Crippen LogP contribution in [0.5, 0.6) is 0 Å². The fourth-order valence-corrected chi connectivity index (χ4v) is 5.16. The summed E-state index contributed by atoms with van der Waals surface area (Å²) >= 11 is 0. The monoisotopic (exact) mass is 461 g/mol. The molecule has 0 fully saturated rings. The summed E-state index contributed by atoms with van der Waals surface area (Å²) in [4.78, 5) is 12.1. The quantitative estimate of drug-likeness (QED) is 0.132. The minimum atomic E-state index is 0.879. The van der Waals surface area contributed by atoms with Gasteiger partial charge in [0.15, 0.2) is 5.96 Å². The van der Waals surface area contributed by atoms with E-state index >= 15 is 0 Å². The Hall–Kier alpha value is -0.760. The van der Waals surface area contributed by atoms with Gasteiger partial charge >= 0.3 is 5.96 Å². The van der Waals surface area contributed by atoms with Gasteiger partial charge in [0, 0.05) is 37.7 Å². The molecule has 0 aromatic heterocycles. The molecule has 30 heavy (non-hydrogen) atoms. The number of aliphatic imine (C=N–C) groups is 1. The van der Waals surface area contributed by atoms with E-state index in [1.165, 1.54) is 5.96 Å². The topological polar surface area (TPSA) is 37.1 Å². The Kier molecular flexibility index (Phi) is 18.5. The highest BCUT2D eigenvalue weighted by Gasteiger charge is 2.18. The molecule has 0 rings (SSSR count). The van der Waals surface area contributed by atoms with Gasteiger partial charge < -0.3 is 9.80 Å². The van der Waals surface area contributed by atoms with E-state index in [0.29, 0.717) is 0 Å². The first-order valence-corrected chi connectivity index (χ1v) is 14.5. The number of guanidine groups is 2. The lowest BCUT2D eigenvalue weighted by Crippen LogP contribution is -2.48. The van der Waals surface area contributed by atoms with Gasteiger partial charge in [-0.25, -0.2) is 0 Å². The second-order valence-corrected chi connectivity index (χ2v) is 9.47. The van der Waals surface area contributed by atoms with Crippen LogP contribution in [-0.2, 0) is 0 Å². The number of rotatable bonds is 15. The molecule has 0 aliphatic rings. The molecule has 0 aliphatic heterocycles. The highest BCUT2D eigenvalue weighted by atomic mass is 33.1. The number of hydrogen-bond acceptors (Lipinski definition) is 3. The third kappa shape index (κ3) is 10.5. The maximum atomic E-state index is 4.95. The molecule has 0 radical (unpaired) electrons. The Morgan fingerprint density at radius 3 is 1.60 bits per heavy atom. The van der Waals surface area contributed by atoms with Gasteiger partial charge in [0.1, 0.15) is 0 Å². The Labute approximate surface area is 195 Å². The number of hydrogen-bond donors (Lipinski definition) is 1. The van der Waals surface area contributed by atoms with Gasteiger partial charge in [-0.15, -0.1) is 0 Å². The van der Waals surface area contributed by atoms with Crippen LogP contribution in [0.15, 0.2) is 4.99 Å². The van der Waals surface area contributed by atoms with Crippen LogP contribution in [0, 0.1) is 0 Å². The van der Waals surface area contributed by atoms with Gasteiger partial charge in [-0.05, 0) is 55.4 Å². The van der Waals surface area contributed by atoms with Gasteiger partial charge in [0.05, 0.1) is 39.3 Å². The van der Waals surface area contributed by atoms with E-state index in [1.54, 1.807) is 0 Å². The lowest BCUT2D eigenvalue weighted by molar-refractivity contribution is -0.527. The van der Waals surface area contributed by atoms with E-state index in [4.69, 9.17) is 4.99 Å². The fraction of sp³-hybridized carbons (Fsp3) is 0.909. The average Bonchev–Trinajstić information content (AvgIpc) is 2.77. The molecule has 6 nitrogen and oxygen atoms in total. The molecule has 178 valence electrons. The van der Waals surface area contributed by atoms with E-state index in [-0.39, 0.29) is 0 Å². The molecular weight excluding hydrogens is 412 g/mol. The first-order chi connectivity index (χ1) is 14.6. The molecule has 0 unspecified atom stereocenters. The summed E-state index contributed by atoms with van der Waals surface area (Å²) in [6, 6.07) is 0. The smallest absolute Gasteiger partial charge is 0.343 e. The van der Waals surface area contributed by atoms with Crippen molar-refractivity contribution in [3.05, 3.63) is 0 Å². The third-order valence-electron chi connectivity index (χ3n) is 5.20. The van der Waals surface area contributed by atoms with E-state index in [0.717, 1.165) is 82.9 Å². The summed E-state index contributed by atoms with van der Waals surface area (Å²) in [5.41, 5.74) is 0. The van der Waals surface area contributed by atoms with Gasteiger partial charge in [0.25, 0.3) is 0 Å². The Balaban J connectivity index is 4.51. The average molecular weight is 462 g/mol. The van der Waals surface area contributed by atoms with E-state index in [9.17, 15) is 0 Å². The van der Waals surface area contributed by atoms with Crippen LogP contribution < -0.4 is 5.32 Å². The van der Waals surface area contributed by atoms with Crippen LogP contribution in [0.25, 0.3) is 0 Å². The minimum absolute atomic E-state index is 0.879. The van der Waals surface area contributed by atoms with Crippen molar-refractivity contribution in [1.82, 2.24) is 20.0 Å². The molecule has 0 spiro atoms. The van der Waals surface area contributed by atoms with Crippen molar-refractivity contribution in [1.29, 1.82) is 0 Å². The van der Waals surface area contributed by atoms with Crippen LogP contribution in [-0.4, -0.2) is 108 Å². The van der Waals surface area contributed by atoms with Crippen LogP contribution >= 0.6 is 21.6 Å². The predicted octanol–water partition coefficient (Wildman–Crippen LogP) is 3.75. The second kappa shape index (κ2) is 19.0. The lowest BCUT2D eigenvalue weighted by atomic mass is 10.4. The fourth-order valence-electron chi connectivity index (χ4n) is 3.39. The maximum absolute atomic E-state index is 4.95. The van der Waals surface area contributed by atoms with Crippen molar-refractivity contribution in [2.75, 3.05) is 77.0 Å². The van der Waals surface area contributed by atoms with Crippen molar-refractivity contribution < 1.29 is 4.58 Å². The molecule has 8 heteroatoms. The van der Waals surface area contributed by atoms with E-state index in [2.05, 4.69) is 80.0 Å². The maximum Gasteiger partial charge on any atom is 0.348 e. The zero-order valence-corrected chi connectivity index (χ0v) is 22.7. The zero-order valence-electron chi connectivity index (χ0n) is 21.0. The van der Waals surface area contributed by atoms with Gasteiger partial charge in [-0.2, -0.15) is 0 Å². The Bertz CT molecular complexity index is 452. The van der Waals surface area contributed by atoms with Gasteiger partial charge in [-0.1, -0.05) is 21.6 Å². The molecular formula is C22H49N6S2+. The molecule has 0 saturated carbocycles. The molecule has 0 aliphatic carbocycles. The standard InChI is InChI=1S/C22H48N6S2/c1-9-25(10-2)21(26(11-3)12-4)23-17-19-29-30-20-18-24-22(27(13-5)14-6)28(15-7)16-8/h9-20H2,1-8H3/p+1. The predicted molar refractivity (Wildman–Crippen MR) is 140 cm³/mol. The molecule has 0 heterocycles. The van der Waals surface area contributed by atoms with Crippen LogP contribution in [0.1, 0.15) is 55.4 Å². The summed E-state index contributed by atoms with van der Waals surface area (Å²) in [6.07, 6.45) is 0. The van der Waals surface area contributed by atoms with Crippen LogP contribution in [0.2, 0.25) is 0 Å². The molecule has 1 N–H and O–H groups in total. The van der Waals surface area contributed by atoms with E-state index < -0.39 is 0 Å². The summed E-state index contributed by atoms with van der Waals surface area (Å²) in [6.45, 7) is 27.8. The van der Waals surface area contributed by atoms with Crippen molar-refractivity contribution in [2.45, 2.75) is 55.4 Å². The van der Waals surface area contributed by atoms with Crippen molar-refractivity contribution >= 4 is 33.5 Å². The molecule has 0 amide bonds. The van der Waals surface area contributed by atoms with Gasteiger partial charge in [-0.3, -0.25) is 19.8 Å². The summed E-state index contributed by atoms with van der Waals surface area (Å²) in [5.74, 6) is 4.59. The Morgan fingerprint density at radius 1 is 0.700 bits per heavy atom. The molecule has 0 atom stereocenters. The summed E-state index contributed by atoms with van der Waals surface area (Å²) < 4.78 is 2.42. The zero-order chi connectivity index (χ0) is 22.8. The highest BCUT2D eigenvalue weighted by Crippen LogP contribution is 2.20. The molecule has 0 saturated heterocycles. The van der Waals surface area contributed by atoms with Crippen molar-refractivity contribution in [3.63, 3.8) is 0 Å². The number of nitrogens with zero attached hydrogens (tertiary/aromatic N) is 5. The Morgan fingerprint density at radius 2 is 1.17 bits per heavy atom. The molecule has 0 aromatic rings. The third-order valence-corrected chi connectivity index (χ3v) is 7.58. The van der Waals surface area contributed by atoms with Crippen LogP contribution in [0.3, 0.4) is 0 Å². The first-order valence-electron chi connectivity index (χ1n) is 12.0. The first kappa shape index (κ1) is 29.2. The van der Waals surface area contributed by atoms with Crippen LogP contribution in [0.4, 0.5) is 0 Å². The van der Waals surface area contributed by atoms with Crippen molar-refractivity contribution in [3.8, 4) is 0 Å². The van der Waals surface area contributed by atoms with Crippen molar-refractivity contribution in [2.24, 2.45) is 4.99 Å². The molecule has 0 aromatic carbocycles. The number of nitrogens with one attached hydrogen (secondary N) is 1. The highest BCUT2D eigenvalue weighted by molar-refractivity contribution is 8.76. The molecule has 0 bridgehead atoms. The summed E-state index contributed by atoms with van der Waals surface area (Å²) in [5, 5.41) is 3.69. The normalized spacial score (nSPS) is 10.5. The second-order valence-electron chi connectivity index (χ2n) is 6.77. The minimum Gasteiger partial charge on any atom is -0.343 e. The summed E-state index contributed by atoms with van der Waals surface area (Å²) in [7, 11) is 3.88. The lowest BCUT2D eigenvalue weighted by Gasteiger charge is -2.32. The van der Waals surface area contributed by atoms with Gasteiger partial charge in [0.2, 0.25) is 0 Å².